The topological polar surface area (TPSA) is 143 Å². The molecule has 0 bridgehead atoms. The molecule has 0 aliphatic carbocycles. The number of oxime groups is 1. The number of ether oxygens (including phenoxy) is 3. The average Bonchev–Trinajstić information content (AvgIpc) is 2.92. The van der Waals surface area contributed by atoms with Crippen molar-refractivity contribution < 1.29 is 33.4 Å². The number of anilines is 1. The Hall–Kier alpha value is -3.18. The number of hydrogen-bond acceptors (Lipinski definition) is 10. The minimum atomic E-state index is -0.942. The molecular weight excluding hydrogens is 386 g/mol. The fraction of sp³-hybridized carbons (Fsp3) is 0.647. The number of carbonyl (C=O) groups excluding carboxylic acids is 3. The number of esters is 1. The van der Waals surface area contributed by atoms with Gasteiger partial charge >= 0.3 is 18.2 Å². The summed E-state index contributed by atoms with van der Waals surface area (Å²) in [6.07, 6.45) is -1.83. The Balaban J connectivity index is 3.36. The zero-order valence-corrected chi connectivity index (χ0v) is 17.9. The van der Waals surface area contributed by atoms with Crippen LogP contribution in [0.15, 0.2) is 5.16 Å². The van der Waals surface area contributed by atoms with E-state index in [0.717, 1.165) is 0 Å². The van der Waals surface area contributed by atoms with Crippen LogP contribution in [0.4, 0.5) is 15.5 Å². The highest BCUT2D eigenvalue weighted by Crippen LogP contribution is 2.15. The molecular formula is C17H27N5O7. The molecule has 29 heavy (non-hydrogen) atoms. The van der Waals surface area contributed by atoms with Gasteiger partial charge in [0.05, 0.1) is 6.61 Å². The molecule has 0 aromatic carbocycles. The second-order valence-corrected chi connectivity index (χ2v) is 7.62. The van der Waals surface area contributed by atoms with Gasteiger partial charge in [0, 0.05) is 0 Å². The van der Waals surface area contributed by atoms with Crippen molar-refractivity contribution in [2.45, 2.75) is 59.7 Å². The van der Waals surface area contributed by atoms with Gasteiger partial charge < -0.3 is 19.0 Å². The van der Waals surface area contributed by atoms with Gasteiger partial charge in [-0.05, 0) is 48.5 Å². The van der Waals surface area contributed by atoms with Gasteiger partial charge in [0.15, 0.2) is 0 Å². The molecule has 1 heterocycles. The zero-order valence-electron chi connectivity index (χ0n) is 17.9. The van der Waals surface area contributed by atoms with Crippen molar-refractivity contribution in [3.63, 3.8) is 0 Å². The Morgan fingerprint density at radius 3 is 2.14 bits per heavy atom. The summed E-state index contributed by atoms with van der Waals surface area (Å²) in [5, 5.41) is 9.76. The van der Waals surface area contributed by atoms with E-state index in [0.29, 0.717) is 4.68 Å². The Morgan fingerprint density at radius 2 is 1.66 bits per heavy atom. The van der Waals surface area contributed by atoms with Gasteiger partial charge in [-0.2, -0.15) is 4.98 Å². The summed E-state index contributed by atoms with van der Waals surface area (Å²) in [5.74, 6) is -1.53. The van der Waals surface area contributed by atoms with Crippen molar-refractivity contribution >= 4 is 29.8 Å². The number of amides is 1. The third-order valence-electron chi connectivity index (χ3n) is 2.65. The van der Waals surface area contributed by atoms with Crippen LogP contribution in [0.25, 0.3) is 0 Å². The zero-order chi connectivity index (χ0) is 22.4. The lowest BCUT2D eigenvalue weighted by Crippen LogP contribution is -2.31. The van der Waals surface area contributed by atoms with E-state index in [-0.39, 0.29) is 18.4 Å². The highest BCUT2D eigenvalue weighted by Gasteiger charge is 2.29. The number of aromatic nitrogens is 3. The molecule has 0 aliphatic rings. The molecule has 1 amide bonds. The van der Waals surface area contributed by atoms with Crippen molar-refractivity contribution in [2.75, 3.05) is 19.0 Å². The number of nitrogens with one attached hydrogen (secondary N) is 1. The molecule has 0 unspecified atom stereocenters. The van der Waals surface area contributed by atoms with Crippen LogP contribution in [-0.2, 0) is 23.8 Å². The van der Waals surface area contributed by atoms with Crippen molar-refractivity contribution in [1.29, 1.82) is 0 Å². The van der Waals surface area contributed by atoms with Crippen LogP contribution in [0.3, 0.4) is 0 Å². The third-order valence-corrected chi connectivity index (χ3v) is 2.65. The van der Waals surface area contributed by atoms with Crippen LogP contribution in [0.1, 0.15) is 54.3 Å². The van der Waals surface area contributed by atoms with Crippen LogP contribution in [0, 0.1) is 0 Å². The summed E-state index contributed by atoms with van der Waals surface area (Å²) in [6.45, 7) is 11.6. The van der Waals surface area contributed by atoms with Gasteiger partial charge in [-0.15, -0.1) is 9.78 Å². The second kappa shape index (κ2) is 9.34. The van der Waals surface area contributed by atoms with Crippen LogP contribution < -0.4 is 5.32 Å². The van der Waals surface area contributed by atoms with Crippen molar-refractivity contribution in [2.24, 2.45) is 5.16 Å². The van der Waals surface area contributed by atoms with Crippen LogP contribution >= 0.6 is 0 Å². The molecule has 0 atom stereocenters. The van der Waals surface area contributed by atoms with Gasteiger partial charge in [0.2, 0.25) is 17.5 Å². The maximum Gasteiger partial charge on any atom is 0.438 e. The van der Waals surface area contributed by atoms with Gasteiger partial charge in [-0.25, -0.2) is 14.4 Å². The molecule has 0 fully saturated rings. The van der Waals surface area contributed by atoms with E-state index in [4.69, 9.17) is 14.2 Å². The SMILES string of the molecule is CCOC(=O)C(=NOC)c1nc(NC(=O)OC(C)(C)C)n(C(=O)OC(C)(C)C)n1. The molecule has 0 radical (unpaired) electrons. The van der Waals surface area contributed by atoms with Crippen molar-refractivity contribution in [3.8, 4) is 0 Å². The minimum absolute atomic E-state index is 0.0668. The number of carbonyl (C=O) groups is 3. The monoisotopic (exact) mass is 413 g/mol. The van der Waals surface area contributed by atoms with Gasteiger partial charge in [-0.3, -0.25) is 5.32 Å². The fourth-order valence-electron chi connectivity index (χ4n) is 1.78. The van der Waals surface area contributed by atoms with Crippen LogP contribution in [0.2, 0.25) is 0 Å². The standard InChI is InChI=1S/C17H27N5O7/c1-9-27-12(23)10(21-26-8)11-18-13(19-14(24)28-16(2,3)4)22(20-11)15(25)29-17(5,6)7/h9H2,1-8H3,(H,18,19,20,24). The fourth-order valence-corrected chi connectivity index (χ4v) is 1.78. The molecule has 0 saturated carbocycles. The molecule has 0 aliphatic heterocycles. The summed E-state index contributed by atoms with van der Waals surface area (Å²) < 4.78 is 16.0. The van der Waals surface area contributed by atoms with E-state index < -0.39 is 35.1 Å². The van der Waals surface area contributed by atoms with E-state index in [9.17, 15) is 14.4 Å². The van der Waals surface area contributed by atoms with E-state index in [1.54, 1.807) is 48.5 Å². The minimum Gasteiger partial charge on any atom is -0.461 e. The first-order valence-electron chi connectivity index (χ1n) is 8.76. The van der Waals surface area contributed by atoms with Gasteiger partial charge in [0.25, 0.3) is 0 Å². The largest absolute Gasteiger partial charge is 0.461 e. The van der Waals surface area contributed by atoms with Gasteiger partial charge in [0.1, 0.15) is 18.3 Å². The quantitative estimate of drug-likeness (QED) is 0.333. The smallest absolute Gasteiger partial charge is 0.438 e. The maximum atomic E-state index is 12.5. The summed E-state index contributed by atoms with van der Waals surface area (Å²) >= 11 is 0. The summed E-state index contributed by atoms with van der Waals surface area (Å²) in [5.41, 5.74) is -2.04. The number of nitrogens with zero attached hydrogens (tertiary/aromatic N) is 4. The molecule has 162 valence electrons. The van der Waals surface area contributed by atoms with Crippen molar-refractivity contribution in [3.05, 3.63) is 5.82 Å². The molecule has 1 aromatic rings. The summed E-state index contributed by atoms with van der Waals surface area (Å²) in [7, 11) is 1.21. The average molecular weight is 413 g/mol. The summed E-state index contributed by atoms with van der Waals surface area (Å²) in [4.78, 5) is 45.3. The highest BCUT2D eigenvalue weighted by molar-refractivity contribution is 6.42. The van der Waals surface area contributed by atoms with Crippen LogP contribution in [0.5, 0.6) is 0 Å². The Labute approximate surface area is 168 Å². The predicted molar refractivity (Wildman–Crippen MR) is 102 cm³/mol. The second-order valence-electron chi connectivity index (χ2n) is 7.62. The number of rotatable bonds is 5. The van der Waals surface area contributed by atoms with E-state index in [1.807, 2.05) is 0 Å². The molecule has 12 heteroatoms. The lowest BCUT2D eigenvalue weighted by molar-refractivity contribution is -0.135. The molecule has 1 aromatic heterocycles. The molecule has 1 N–H and O–H groups in total. The number of hydrogen-bond donors (Lipinski definition) is 1. The Bertz CT molecular complexity index is 787. The van der Waals surface area contributed by atoms with Crippen LogP contribution in [-0.4, -0.2) is 63.6 Å². The third kappa shape index (κ3) is 7.76. The molecule has 0 spiro atoms. The lowest BCUT2D eigenvalue weighted by Gasteiger charge is -2.20. The van der Waals surface area contributed by atoms with Crippen molar-refractivity contribution in [1.82, 2.24) is 14.8 Å². The molecule has 0 saturated heterocycles. The van der Waals surface area contributed by atoms with Gasteiger partial charge in [-0.1, -0.05) is 5.16 Å². The van der Waals surface area contributed by atoms with E-state index >= 15 is 0 Å². The normalized spacial score (nSPS) is 12.2. The predicted octanol–water partition coefficient (Wildman–Crippen LogP) is 2.32. The molecule has 1 rings (SSSR count). The summed E-state index contributed by atoms with van der Waals surface area (Å²) in [6, 6.07) is 0. The Morgan fingerprint density at radius 1 is 1.07 bits per heavy atom. The Kier molecular flexibility index (Phi) is 7.69. The maximum absolute atomic E-state index is 12.5. The first-order chi connectivity index (χ1) is 13.3. The lowest BCUT2D eigenvalue weighted by atomic mass is 10.2. The first-order valence-corrected chi connectivity index (χ1v) is 8.76. The van der Waals surface area contributed by atoms with E-state index in [1.165, 1.54) is 7.11 Å². The molecule has 12 nitrogen and oxygen atoms in total. The highest BCUT2D eigenvalue weighted by atomic mass is 16.6. The first kappa shape index (κ1) is 23.9. The van der Waals surface area contributed by atoms with E-state index in [2.05, 4.69) is 25.4 Å².